The summed E-state index contributed by atoms with van der Waals surface area (Å²) >= 11 is 0. The minimum absolute atomic E-state index is 0. The molecule has 1 rings (SSSR count). The lowest BCUT2D eigenvalue weighted by Crippen LogP contribution is -3.00. The molecule has 9 heavy (non-hydrogen) atoms. The molecule has 0 saturated carbocycles. The van der Waals surface area contributed by atoms with Crippen molar-refractivity contribution in [1.29, 1.82) is 0 Å². The first kappa shape index (κ1) is 8.04. The highest BCUT2D eigenvalue weighted by molar-refractivity contribution is 5.10. The van der Waals surface area contributed by atoms with Crippen LogP contribution in [-0.2, 0) is 0 Å². The van der Waals surface area contributed by atoms with Gasteiger partial charge in [-0.3, -0.25) is 5.73 Å². The molecule has 50 valence electrons. The smallest absolute Gasteiger partial charge is 0.357 e. The number of hydrogen-bond acceptors (Lipinski definition) is 1. The number of H-pyrrole nitrogens is 1. The molecule has 0 aliphatic heterocycles. The zero-order chi connectivity index (χ0) is 5.98. The Kier molecular flexibility index (Phi) is 2.81. The number of aromatic amines is 1. The average Bonchev–Trinajstić information content (AvgIpc) is 2.14. The Morgan fingerprint density at radius 3 is 2.67 bits per heavy atom. The number of nitrogen functional groups attached to an aromatic ring is 1. The minimum Gasteiger partial charge on any atom is -1.00 e. The molecule has 3 N–H and O–H groups in total. The van der Waals surface area contributed by atoms with Crippen molar-refractivity contribution in [3.05, 3.63) is 19.0 Å². The first-order valence-corrected chi connectivity index (χ1v) is 2.31. The number of hydrogen-bond donors (Lipinski definition) is 2. The summed E-state index contributed by atoms with van der Waals surface area (Å²) in [5.74, 6) is 0.597. The molecular formula is C5H8ClN3. The standard InChI is InChI=1S/C5H7N3.ClH/c1-2-8-4-3-7-5(8)6;/h2-4H,1H2,(H2,6,7);1H. The van der Waals surface area contributed by atoms with E-state index in [0.29, 0.717) is 5.95 Å². The normalized spacial score (nSPS) is 8.00. The number of rotatable bonds is 1. The molecule has 0 aromatic carbocycles. The first-order chi connectivity index (χ1) is 3.84. The van der Waals surface area contributed by atoms with Gasteiger partial charge < -0.3 is 12.4 Å². The third-order valence-electron chi connectivity index (χ3n) is 0.941. The predicted molar refractivity (Wildman–Crippen MR) is 31.8 cm³/mol. The Balaban J connectivity index is 0.000000640. The van der Waals surface area contributed by atoms with Gasteiger partial charge in [-0.05, 0) is 0 Å². The highest BCUT2D eigenvalue weighted by atomic mass is 35.5. The fourth-order valence-electron chi connectivity index (χ4n) is 0.517. The lowest BCUT2D eigenvalue weighted by molar-refractivity contribution is -0.550. The Bertz CT molecular complexity index is 194. The third-order valence-corrected chi connectivity index (χ3v) is 0.941. The summed E-state index contributed by atoms with van der Waals surface area (Å²) in [5, 5.41) is 0. The van der Waals surface area contributed by atoms with E-state index in [1.54, 1.807) is 23.2 Å². The fourth-order valence-corrected chi connectivity index (χ4v) is 0.517. The molecule has 0 fully saturated rings. The number of aromatic nitrogens is 2. The molecule has 0 amide bonds. The van der Waals surface area contributed by atoms with Crippen LogP contribution in [0.5, 0.6) is 0 Å². The lowest BCUT2D eigenvalue weighted by atomic mass is 10.8. The molecule has 0 spiro atoms. The van der Waals surface area contributed by atoms with Gasteiger partial charge in [-0.2, -0.15) is 0 Å². The van der Waals surface area contributed by atoms with Crippen molar-refractivity contribution in [1.82, 2.24) is 4.98 Å². The van der Waals surface area contributed by atoms with Crippen LogP contribution in [0.1, 0.15) is 0 Å². The molecule has 0 atom stereocenters. The van der Waals surface area contributed by atoms with E-state index in [1.807, 2.05) is 0 Å². The van der Waals surface area contributed by atoms with Crippen molar-refractivity contribution < 1.29 is 17.0 Å². The minimum atomic E-state index is 0. The van der Waals surface area contributed by atoms with Crippen molar-refractivity contribution >= 4 is 12.1 Å². The molecule has 0 bridgehead atoms. The van der Waals surface area contributed by atoms with E-state index in [-0.39, 0.29) is 12.4 Å². The average molecular weight is 146 g/mol. The number of imidazole rings is 1. The lowest BCUT2D eigenvalue weighted by Gasteiger charge is -1.81. The summed E-state index contributed by atoms with van der Waals surface area (Å²) in [5.41, 5.74) is 5.39. The van der Waals surface area contributed by atoms with E-state index in [9.17, 15) is 0 Å². The van der Waals surface area contributed by atoms with Gasteiger partial charge in [-0.1, -0.05) is 6.58 Å². The number of halogens is 1. The van der Waals surface area contributed by atoms with Gasteiger partial charge in [-0.15, -0.1) is 0 Å². The Hall–Kier alpha value is -0.960. The third kappa shape index (κ3) is 1.47. The van der Waals surface area contributed by atoms with E-state index < -0.39 is 0 Å². The second-order valence-electron chi connectivity index (χ2n) is 1.44. The van der Waals surface area contributed by atoms with E-state index in [1.165, 1.54) is 0 Å². The molecule has 0 unspecified atom stereocenters. The highest BCUT2D eigenvalue weighted by Gasteiger charge is 1.95. The van der Waals surface area contributed by atoms with Crippen LogP contribution in [0.3, 0.4) is 0 Å². The quantitative estimate of drug-likeness (QED) is 0.407. The van der Waals surface area contributed by atoms with Crippen molar-refractivity contribution in [2.24, 2.45) is 0 Å². The largest absolute Gasteiger partial charge is 1.00 e. The van der Waals surface area contributed by atoms with Gasteiger partial charge in [0.25, 0.3) is 0 Å². The Labute approximate surface area is 59.6 Å². The van der Waals surface area contributed by atoms with Gasteiger partial charge >= 0.3 is 5.95 Å². The second kappa shape index (κ2) is 3.14. The monoisotopic (exact) mass is 145 g/mol. The van der Waals surface area contributed by atoms with Crippen LogP contribution in [0.4, 0.5) is 5.95 Å². The number of nitrogens with one attached hydrogen (secondary N) is 1. The van der Waals surface area contributed by atoms with E-state index >= 15 is 0 Å². The molecule has 1 aromatic rings. The number of nitrogens with zero attached hydrogens (tertiary/aromatic N) is 1. The molecule has 1 heterocycles. The maximum atomic E-state index is 5.39. The summed E-state index contributed by atoms with van der Waals surface area (Å²) in [4.78, 5) is 2.79. The Morgan fingerprint density at radius 1 is 1.78 bits per heavy atom. The summed E-state index contributed by atoms with van der Waals surface area (Å²) < 4.78 is 1.69. The molecule has 4 heteroatoms. The number of nitrogens with two attached hydrogens (primary N) is 1. The van der Waals surface area contributed by atoms with Gasteiger partial charge in [0.1, 0.15) is 6.20 Å². The second-order valence-corrected chi connectivity index (χ2v) is 1.44. The number of anilines is 1. The van der Waals surface area contributed by atoms with Crippen molar-refractivity contribution in [3.8, 4) is 0 Å². The van der Waals surface area contributed by atoms with Gasteiger partial charge in [-0.25, -0.2) is 9.55 Å². The summed E-state index contributed by atoms with van der Waals surface area (Å²) in [6, 6.07) is 0. The van der Waals surface area contributed by atoms with Crippen LogP contribution < -0.4 is 22.7 Å². The van der Waals surface area contributed by atoms with Crippen LogP contribution in [0.15, 0.2) is 19.0 Å². The zero-order valence-electron chi connectivity index (χ0n) is 4.84. The van der Waals surface area contributed by atoms with E-state index in [2.05, 4.69) is 11.6 Å². The topological polar surface area (TPSA) is 45.7 Å². The van der Waals surface area contributed by atoms with Crippen LogP contribution in [0.2, 0.25) is 0 Å². The molecule has 3 nitrogen and oxygen atoms in total. The first-order valence-electron chi connectivity index (χ1n) is 2.31. The summed E-state index contributed by atoms with van der Waals surface area (Å²) in [7, 11) is 0. The SMILES string of the molecule is C=C[n+]1cc[nH]c1N.[Cl-]. The molecular weight excluding hydrogens is 138 g/mol. The van der Waals surface area contributed by atoms with Gasteiger partial charge in [0.05, 0.1) is 12.4 Å². The van der Waals surface area contributed by atoms with E-state index in [4.69, 9.17) is 5.73 Å². The summed E-state index contributed by atoms with van der Waals surface area (Å²) in [6.07, 6.45) is 5.17. The van der Waals surface area contributed by atoms with Crippen molar-refractivity contribution in [2.45, 2.75) is 0 Å². The van der Waals surface area contributed by atoms with Crippen LogP contribution >= 0.6 is 0 Å². The molecule has 0 aliphatic rings. The highest BCUT2D eigenvalue weighted by Crippen LogP contribution is 1.82. The van der Waals surface area contributed by atoms with Gasteiger partial charge in [0.2, 0.25) is 0 Å². The van der Waals surface area contributed by atoms with Crippen LogP contribution in [0, 0.1) is 0 Å². The van der Waals surface area contributed by atoms with E-state index in [0.717, 1.165) is 0 Å². The predicted octanol–water partition coefficient (Wildman–Crippen LogP) is -3.01. The van der Waals surface area contributed by atoms with Crippen molar-refractivity contribution in [3.63, 3.8) is 0 Å². The van der Waals surface area contributed by atoms with Crippen LogP contribution in [0.25, 0.3) is 6.20 Å². The maximum Gasteiger partial charge on any atom is 0.357 e. The molecule has 0 saturated heterocycles. The summed E-state index contributed by atoms with van der Waals surface area (Å²) in [6.45, 7) is 3.53. The molecule has 1 aromatic heterocycles. The molecule has 0 radical (unpaired) electrons. The molecule has 0 aliphatic carbocycles. The Morgan fingerprint density at radius 2 is 2.44 bits per heavy atom. The van der Waals surface area contributed by atoms with Crippen LogP contribution in [-0.4, -0.2) is 4.98 Å². The zero-order valence-corrected chi connectivity index (χ0v) is 5.60. The van der Waals surface area contributed by atoms with Crippen molar-refractivity contribution in [2.75, 3.05) is 5.73 Å². The fraction of sp³-hybridized carbons (Fsp3) is 0. The maximum absolute atomic E-state index is 5.39. The van der Waals surface area contributed by atoms with Gasteiger partial charge in [0, 0.05) is 0 Å². The van der Waals surface area contributed by atoms with Gasteiger partial charge in [0.15, 0.2) is 0 Å².